The number of aliphatic hydroxyl groups is 5. The minimum atomic E-state index is -1.06. The van der Waals surface area contributed by atoms with Gasteiger partial charge in [-0.15, -0.1) is 0 Å². The zero-order valence-electron chi connectivity index (χ0n) is 22.1. The van der Waals surface area contributed by atoms with Crippen LogP contribution in [0.3, 0.4) is 0 Å². The predicted octanol–water partition coefficient (Wildman–Crippen LogP) is 0.0448. The molecule has 0 spiro atoms. The van der Waals surface area contributed by atoms with Gasteiger partial charge < -0.3 is 49.6 Å². The summed E-state index contributed by atoms with van der Waals surface area (Å²) in [7, 11) is 2.95. The molecular formula is C26H38O12W. The summed E-state index contributed by atoms with van der Waals surface area (Å²) in [6.07, 6.45) is -2.56. The number of aliphatic hydroxyl groups excluding tert-OH is 5. The number of aromatic hydroxyl groups is 1. The SMILES string of the molecule is COCC(O)CO.COCC(O)COC(=O)c1ccc(C)cc1.O=C(OCC(O)CO)c1ccc(O)cc1.[W]. The van der Waals surface area contributed by atoms with E-state index in [1.54, 1.807) is 12.1 Å². The van der Waals surface area contributed by atoms with Gasteiger partial charge in [0, 0.05) is 35.3 Å². The maximum absolute atomic E-state index is 11.5. The van der Waals surface area contributed by atoms with Crippen LogP contribution in [0, 0.1) is 6.92 Å². The molecule has 2 aromatic carbocycles. The summed E-state index contributed by atoms with van der Waals surface area (Å²) < 4.78 is 18.8. The number of esters is 2. The molecule has 0 amide bonds. The Labute approximate surface area is 242 Å². The molecule has 2 aromatic rings. The van der Waals surface area contributed by atoms with Gasteiger partial charge in [0.15, 0.2) is 0 Å². The van der Waals surface area contributed by atoms with Crippen molar-refractivity contribution in [1.29, 1.82) is 0 Å². The van der Waals surface area contributed by atoms with Crippen molar-refractivity contribution in [1.82, 2.24) is 0 Å². The molecule has 220 valence electrons. The van der Waals surface area contributed by atoms with Gasteiger partial charge in [-0.3, -0.25) is 0 Å². The Hall–Kier alpha value is -2.41. The maximum Gasteiger partial charge on any atom is 0.338 e. The van der Waals surface area contributed by atoms with Crippen LogP contribution in [0.15, 0.2) is 48.5 Å². The summed E-state index contributed by atoms with van der Waals surface area (Å²) in [6.45, 7) is 1.31. The number of phenolic OH excluding ortho intramolecular Hbond substituents is 1. The Morgan fingerprint density at radius 2 is 1.03 bits per heavy atom. The Balaban J connectivity index is 0. The van der Waals surface area contributed by atoms with E-state index in [9.17, 15) is 14.7 Å². The number of hydrogen-bond acceptors (Lipinski definition) is 12. The number of aryl methyl sites for hydroxylation is 1. The van der Waals surface area contributed by atoms with E-state index < -0.39 is 36.9 Å². The van der Waals surface area contributed by atoms with Crippen molar-refractivity contribution in [2.75, 3.05) is 53.9 Å². The molecule has 0 bridgehead atoms. The molecule has 0 saturated carbocycles. The van der Waals surface area contributed by atoms with Crippen molar-refractivity contribution in [3.05, 3.63) is 65.2 Å². The summed E-state index contributed by atoms with van der Waals surface area (Å²) in [5.41, 5.74) is 1.84. The molecule has 0 aliphatic rings. The fraction of sp³-hybridized carbons (Fsp3) is 0.462. The number of ether oxygens (including phenoxy) is 4. The normalized spacial score (nSPS) is 12.2. The Kier molecular flexibility index (Phi) is 23.3. The van der Waals surface area contributed by atoms with Gasteiger partial charge in [-0.05, 0) is 43.3 Å². The minimum absolute atomic E-state index is 0. The van der Waals surface area contributed by atoms with E-state index in [1.165, 1.54) is 38.5 Å². The number of rotatable bonds is 12. The Bertz CT molecular complexity index is 893. The molecule has 0 aromatic heterocycles. The molecule has 3 unspecified atom stereocenters. The van der Waals surface area contributed by atoms with Gasteiger partial charge in [0.2, 0.25) is 0 Å². The van der Waals surface area contributed by atoms with Crippen molar-refractivity contribution in [3.8, 4) is 5.75 Å². The Morgan fingerprint density at radius 3 is 1.41 bits per heavy atom. The summed E-state index contributed by atoms with van der Waals surface area (Å²) >= 11 is 0. The molecule has 0 aliphatic carbocycles. The van der Waals surface area contributed by atoms with Gasteiger partial charge in [0.1, 0.15) is 37.3 Å². The van der Waals surface area contributed by atoms with Crippen LogP contribution in [0.5, 0.6) is 5.75 Å². The molecule has 3 atom stereocenters. The molecule has 0 saturated heterocycles. The second kappa shape index (κ2) is 23.5. The average molecular weight is 726 g/mol. The van der Waals surface area contributed by atoms with Gasteiger partial charge in [0.25, 0.3) is 0 Å². The zero-order chi connectivity index (χ0) is 28.9. The van der Waals surface area contributed by atoms with E-state index in [-0.39, 0.29) is 65.4 Å². The van der Waals surface area contributed by atoms with Gasteiger partial charge in [0.05, 0.1) is 37.6 Å². The van der Waals surface area contributed by atoms with Crippen LogP contribution in [0.2, 0.25) is 0 Å². The number of methoxy groups -OCH3 is 2. The number of phenols is 1. The van der Waals surface area contributed by atoms with E-state index in [1.807, 2.05) is 19.1 Å². The summed E-state index contributed by atoms with van der Waals surface area (Å²) in [4.78, 5) is 22.8. The van der Waals surface area contributed by atoms with Crippen molar-refractivity contribution in [3.63, 3.8) is 0 Å². The van der Waals surface area contributed by atoms with Gasteiger partial charge in [-0.1, -0.05) is 17.7 Å². The van der Waals surface area contributed by atoms with Crippen molar-refractivity contribution < 1.29 is 80.2 Å². The first-order chi connectivity index (χ1) is 18.1. The van der Waals surface area contributed by atoms with Crippen LogP contribution in [-0.2, 0) is 40.0 Å². The van der Waals surface area contributed by atoms with E-state index in [2.05, 4.69) is 4.74 Å². The standard InChI is InChI=1S/C12H16O4.C10H12O5.C4H10O3.W/c1-9-3-5-10(6-4-9)12(14)16-8-11(13)7-15-2;11-5-9(13)6-15-10(14)7-1-3-8(12)4-2-7;1-7-3-4(6)2-5;/h3-6,11,13H,7-8H2,1-2H3;1-4,9,11-13H,5-6H2;4-6H,2-3H2,1H3;. The van der Waals surface area contributed by atoms with Gasteiger partial charge >= 0.3 is 11.9 Å². The van der Waals surface area contributed by atoms with Crippen LogP contribution in [0.4, 0.5) is 0 Å². The third-order valence-corrected chi connectivity index (χ3v) is 4.34. The monoisotopic (exact) mass is 726 g/mol. The number of carbonyl (C=O) groups excluding carboxylic acids is 2. The fourth-order valence-electron chi connectivity index (χ4n) is 2.34. The smallest absolute Gasteiger partial charge is 0.338 e. The molecule has 6 N–H and O–H groups in total. The van der Waals surface area contributed by atoms with Crippen molar-refractivity contribution >= 4 is 11.9 Å². The molecule has 13 heteroatoms. The largest absolute Gasteiger partial charge is 0.508 e. The van der Waals surface area contributed by atoms with Crippen LogP contribution in [0.1, 0.15) is 26.3 Å². The summed E-state index contributed by atoms with van der Waals surface area (Å²) in [5, 5.41) is 52.3. The van der Waals surface area contributed by atoms with Crippen LogP contribution >= 0.6 is 0 Å². The zero-order valence-corrected chi connectivity index (χ0v) is 25.1. The molecule has 0 fully saturated rings. The van der Waals surface area contributed by atoms with Crippen LogP contribution in [-0.4, -0.2) is 115 Å². The van der Waals surface area contributed by atoms with Crippen LogP contribution < -0.4 is 0 Å². The number of carbonyl (C=O) groups is 2. The average Bonchev–Trinajstić information content (AvgIpc) is 2.92. The van der Waals surface area contributed by atoms with E-state index >= 15 is 0 Å². The molecule has 0 radical (unpaired) electrons. The van der Waals surface area contributed by atoms with E-state index in [0.29, 0.717) is 5.56 Å². The van der Waals surface area contributed by atoms with Gasteiger partial charge in [-0.2, -0.15) is 0 Å². The predicted molar refractivity (Wildman–Crippen MR) is 136 cm³/mol. The summed E-state index contributed by atoms with van der Waals surface area (Å²) in [6, 6.07) is 12.6. The first-order valence-electron chi connectivity index (χ1n) is 11.5. The van der Waals surface area contributed by atoms with Crippen molar-refractivity contribution in [2.45, 2.75) is 25.2 Å². The third kappa shape index (κ3) is 19.3. The van der Waals surface area contributed by atoms with Crippen molar-refractivity contribution in [2.24, 2.45) is 0 Å². The molecule has 39 heavy (non-hydrogen) atoms. The maximum atomic E-state index is 11.5. The fourth-order valence-corrected chi connectivity index (χ4v) is 2.34. The molecular weight excluding hydrogens is 688 g/mol. The van der Waals surface area contributed by atoms with Crippen LogP contribution in [0.25, 0.3) is 0 Å². The van der Waals surface area contributed by atoms with E-state index in [0.717, 1.165) is 5.56 Å². The second-order valence-electron chi connectivity index (χ2n) is 7.85. The second-order valence-corrected chi connectivity index (χ2v) is 7.85. The topological polar surface area (TPSA) is 192 Å². The first-order valence-corrected chi connectivity index (χ1v) is 11.5. The molecule has 12 nitrogen and oxygen atoms in total. The summed E-state index contributed by atoms with van der Waals surface area (Å²) in [5.74, 6) is -0.986. The quantitative estimate of drug-likeness (QED) is 0.161. The van der Waals surface area contributed by atoms with Gasteiger partial charge in [-0.25, -0.2) is 9.59 Å². The molecule has 2 rings (SSSR count). The number of benzene rings is 2. The molecule has 0 aliphatic heterocycles. The third-order valence-electron chi connectivity index (χ3n) is 4.34. The minimum Gasteiger partial charge on any atom is -0.508 e. The first kappa shape index (κ1) is 38.7. The molecule has 0 heterocycles. The number of hydrogen-bond donors (Lipinski definition) is 6. The Morgan fingerprint density at radius 1 is 0.667 bits per heavy atom. The van der Waals surface area contributed by atoms with E-state index in [4.69, 9.17) is 39.7 Å².